The van der Waals surface area contributed by atoms with Gasteiger partial charge in [0.2, 0.25) is 0 Å². The van der Waals surface area contributed by atoms with Crippen LogP contribution in [0.15, 0.2) is 70.2 Å². The van der Waals surface area contributed by atoms with E-state index in [0.717, 1.165) is 37.3 Å². The van der Waals surface area contributed by atoms with Crippen LogP contribution in [0.1, 0.15) is 34.5 Å². The summed E-state index contributed by atoms with van der Waals surface area (Å²) < 4.78 is 7.06. The number of nitrogens with zero attached hydrogens (tertiary/aromatic N) is 3. The number of likely N-dealkylation sites (tertiary alicyclic amines) is 1. The van der Waals surface area contributed by atoms with Crippen LogP contribution in [0, 0.1) is 0 Å². The van der Waals surface area contributed by atoms with E-state index in [1.54, 1.807) is 24.6 Å². The molecular weight excluding hydrogens is 414 g/mol. The summed E-state index contributed by atoms with van der Waals surface area (Å²) in [6, 6.07) is 14.3. The van der Waals surface area contributed by atoms with Crippen molar-refractivity contribution < 1.29 is 9.21 Å². The zero-order valence-electron chi connectivity index (χ0n) is 17.5. The molecule has 0 aliphatic carbocycles. The minimum absolute atomic E-state index is 0.0983. The third-order valence-corrected chi connectivity index (χ3v) is 6.19. The van der Waals surface area contributed by atoms with Gasteiger partial charge in [0.05, 0.1) is 24.9 Å². The number of aromatic nitrogens is 1. The lowest BCUT2D eigenvalue weighted by Crippen LogP contribution is -2.46. The molecule has 0 saturated carbocycles. The average molecular weight is 440 g/mol. The van der Waals surface area contributed by atoms with Gasteiger partial charge in [0.15, 0.2) is 0 Å². The SMILES string of the molecule is CN1CCC(N(Cc2ccco2)C(=O)c2ccc(=O)n(Cc3ccccc3Cl)c2)CC1. The molecule has 162 valence electrons. The molecule has 6 nitrogen and oxygen atoms in total. The molecule has 1 aromatic carbocycles. The molecule has 2 aromatic heterocycles. The summed E-state index contributed by atoms with van der Waals surface area (Å²) in [5, 5.41) is 0.594. The fourth-order valence-electron chi connectivity index (χ4n) is 4.00. The second kappa shape index (κ2) is 9.54. The number of piperidine rings is 1. The summed E-state index contributed by atoms with van der Waals surface area (Å²) in [7, 11) is 2.10. The zero-order valence-corrected chi connectivity index (χ0v) is 18.3. The number of carbonyl (C=O) groups excluding carboxylic acids is 1. The normalized spacial score (nSPS) is 15.2. The van der Waals surface area contributed by atoms with Gasteiger partial charge in [0.25, 0.3) is 11.5 Å². The molecule has 4 rings (SSSR count). The number of amides is 1. The number of benzene rings is 1. The first-order valence-corrected chi connectivity index (χ1v) is 10.8. The van der Waals surface area contributed by atoms with Crippen molar-refractivity contribution in [1.29, 1.82) is 0 Å². The smallest absolute Gasteiger partial charge is 0.256 e. The quantitative estimate of drug-likeness (QED) is 0.584. The van der Waals surface area contributed by atoms with E-state index in [2.05, 4.69) is 11.9 Å². The van der Waals surface area contributed by atoms with Crippen molar-refractivity contribution >= 4 is 17.5 Å². The Labute approximate surface area is 186 Å². The Balaban J connectivity index is 1.61. The fraction of sp³-hybridized carbons (Fsp3) is 0.333. The van der Waals surface area contributed by atoms with Crippen LogP contribution in [0.5, 0.6) is 0 Å². The average Bonchev–Trinajstić information content (AvgIpc) is 3.29. The van der Waals surface area contributed by atoms with Crippen molar-refractivity contribution in [2.45, 2.75) is 32.0 Å². The molecule has 0 radical (unpaired) electrons. The van der Waals surface area contributed by atoms with Gasteiger partial charge in [-0.3, -0.25) is 9.59 Å². The van der Waals surface area contributed by atoms with Crippen LogP contribution in [0.25, 0.3) is 0 Å². The molecule has 1 amide bonds. The third kappa shape index (κ3) is 5.09. The van der Waals surface area contributed by atoms with Gasteiger partial charge in [-0.15, -0.1) is 0 Å². The Kier molecular flexibility index (Phi) is 6.59. The van der Waals surface area contributed by atoms with Crippen LogP contribution in [0.2, 0.25) is 5.02 Å². The molecule has 1 fully saturated rings. The Morgan fingerprint density at radius 1 is 1.13 bits per heavy atom. The van der Waals surface area contributed by atoms with Gasteiger partial charge in [-0.1, -0.05) is 29.8 Å². The molecular formula is C24H26ClN3O3. The summed E-state index contributed by atoms with van der Waals surface area (Å²) in [4.78, 5) is 30.2. The van der Waals surface area contributed by atoms with Crippen LogP contribution < -0.4 is 5.56 Å². The van der Waals surface area contributed by atoms with Crippen molar-refractivity contribution in [3.05, 3.63) is 93.3 Å². The van der Waals surface area contributed by atoms with E-state index in [4.69, 9.17) is 16.0 Å². The summed E-state index contributed by atoms with van der Waals surface area (Å²) in [6.07, 6.45) is 5.07. The first kappa shape index (κ1) is 21.4. The van der Waals surface area contributed by atoms with Crippen LogP contribution in [-0.2, 0) is 13.1 Å². The first-order valence-electron chi connectivity index (χ1n) is 10.5. The molecule has 0 unspecified atom stereocenters. The van der Waals surface area contributed by atoms with E-state index in [0.29, 0.717) is 23.7 Å². The maximum atomic E-state index is 13.6. The Hall–Kier alpha value is -2.83. The molecule has 1 saturated heterocycles. The molecule has 0 bridgehead atoms. The maximum Gasteiger partial charge on any atom is 0.256 e. The molecule has 31 heavy (non-hydrogen) atoms. The van der Waals surface area contributed by atoms with E-state index >= 15 is 0 Å². The molecule has 1 aliphatic rings. The van der Waals surface area contributed by atoms with Crippen LogP contribution in [0.3, 0.4) is 0 Å². The molecule has 3 aromatic rings. The molecule has 1 aliphatic heterocycles. The predicted molar refractivity (Wildman–Crippen MR) is 120 cm³/mol. The van der Waals surface area contributed by atoms with Crippen molar-refractivity contribution in [3.63, 3.8) is 0 Å². The Morgan fingerprint density at radius 2 is 1.90 bits per heavy atom. The monoisotopic (exact) mass is 439 g/mol. The van der Waals surface area contributed by atoms with Crippen LogP contribution >= 0.6 is 11.6 Å². The highest BCUT2D eigenvalue weighted by Gasteiger charge is 2.28. The Morgan fingerprint density at radius 3 is 2.61 bits per heavy atom. The maximum absolute atomic E-state index is 13.6. The van der Waals surface area contributed by atoms with Gasteiger partial charge in [0, 0.05) is 23.3 Å². The standard InChI is InChI=1S/C24H26ClN3O3/c1-26-12-10-20(11-13-26)28(17-21-6-4-14-31-21)24(30)19-8-9-23(29)27(16-19)15-18-5-2-3-7-22(18)25/h2-9,14,16,20H,10-13,15,17H2,1H3. The first-order chi connectivity index (χ1) is 15.0. The van der Waals surface area contributed by atoms with Crippen molar-refractivity contribution in [2.75, 3.05) is 20.1 Å². The highest BCUT2D eigenvalue weighted by atomic mass is 35.5. The van der Waals surface area contributed by atoms with Crippen molar-refractivity contribution in [3.8, 4) is 0 Å². The van der Waals surface area contributed by atoms with E-state index in [9.17, 15) is 9.59 Å². The second-order valence-electron chi connectivity index (χ2n) is 8.02. The molecule has 3 heterocycles. The second-order valence-corrected chi connectivity index (χ2v) is 8.43. The highest BCUT2D eigenvalue weighted by molar-refractivity contribution is 6.31. The number of carbonyl (C=O) groups is 1. The fourth-order valence-corrected chi connectivity index (χ4v) is 4.20. The molecule has 0 atom stereocenters. The summed E-state index contributed by atoms with van der Waals surface area (Å²) in [5.41, 5.74) is 1.14. The van der Waals surface area contributed by atoms with E-state index in [1.807, 2.05) is 35.2 Å². The number of furan rings is 1. The lowest BCUT2D eigenvalue weighted by atomic mass is 10.0. The van der Waals surface area contributed by atoms with E-state index < -0.39 is 0 Å². The van der Waals surface area contributed by atoms with E-state index in [-0.39, 0.29) is 17.5 Å². The van der Waals surface area contributed by atoms with Crippen molar-refractivity contribution in [1.82, 2.24) is 14.4 Å². The van der Waals surface area contributed by atoms with Crippen LogP contribution in [0.4, 0.5) is 0 Å². The minimum atomic E-state index is -0.173. The molecule has 0 spiro atoms. The predicted octanol–water partition coefficient (Wildman–Crippen LogP) is 3.88. The topological polar surface area (TPSA) is 58.7 Å². The van der Waals surface area contributed by atoms with Crippen molar-refractivity contribution in [2.24, 2.45) is 0 Å². The number of hydrogen-bond donors (Lipinski definition) is 0. The number of hydrogen-bond acceptors (Lipinski definition) is 4. The summed E-state index contributed by atoms with van der Waals surface area (Å²) in [6.45, 7) is 2.60. The number of rotatable bonds is 6. The van der Waals surface area contributed by atoms with Gasteiger partial charge < -0.3 is 18.8 Å². The number of halogens is 1. The Bertz CT molecular complexity index is 1090. The number of pyridine rings is 1. The van der Waals surface area contributed by atoms with Gasteiger partial charge >= 0.3 is 0 Å². The minimum Gasteiger partial charge on any atom is -0.467 e. The van der Waals surface area contributed by atoms with Gasteiger partial charge in [-0.2, -0.15) is 0 Å². The lowest BCUT2D eigenvalue weighted by Gasteiger charge is -2.37. The highest BCUT2D eigenvalue weighted by Crippen LogP contribution is 2.22. The summed E-state index contributed by atoms with van der Waals surface area (Å²) >= 11 is 6.27. The van der Waals surface area contributed by atoms with Gasteiger partial charge in [-0.25, -0.2) is 0 Å². The lowest BCUT2D eigenvalue weighted by molar-refractivity contribution is 0.0549. The molecule has 0 N–H and O–H groups in total. The van der Waals surface area contributed by atoms with Crippen LogP contribution in [-0.4, -0.2) is 46.5 Å². The van der Waals surface area contributed by atoms with Gasteiger partial charge in [-0.05, 0) is 62.8 Å². The third-order valence-electron chi connectivity index (χ3n) is 5.82. The zero-order chi connectivity index (χ0) is 21.8. The largest absolute Gasteiger partial charge is 0.467 e. The van der Waals surface area contributed by atoms with E-state index in [1.165, 1.54) is 10.6 Å². The molecule has 7 heteroatoms. The summed E-state index contributed by atoms with van der Waals surface area (Å²) in [5.74, 6) is 0.649. The van der Waals surface area contributed by atoms with Gasteiger partial charge in [0.1, 0.15) is 5.76 Å².